The molecule has 0 spiro atoms. The third-order valence-corrected chi connectivity index (χ3v) is 7.28. The van der Waals surface area contributed by atoms with Crippen molar-refractivity contribution < 1.29 is 8.42 Å². The molecule has 1 aliphatic heterocycles. The van der Waals surface area contributed by atoms with Crippen molar-refractivity contribution in [2.45, 2.75) is 20.3 Å². The van der Waals surface area contributed by atoms with E-state index in [2.05, 4.69) is 26.0 Å². The summed E-state index contributed by atoms with van der Waals surface area (Å²) >= 11 is 3.45. The summed E-state index contributed by atoms with van der Waals surface area (Å²) in [5.74, 6) is 2.46. The molecule has 150 valence electrons. The van der Waals surface area contributed by atoms with Crippen molar-refractivity contribution in [2.24, 2.45) is 4.99 Å². The highest BCUT2D eigenvalue weighted by Gasteiger charge is 2.23. The molecule has 0 unspecified atom stereocenters. The first-order chi connectivity index (χ1) is 12.0. The first kappa shape index (κ1) is 23.9. The van der Waals surface area contributed by atoms with Gasteiger partial charge in [-0.25, -0.2) is 17.7 Å². The van der Waals surface area contributed by atoms with Crippen LogP contribution in [0.3, 0.4) is 0 Å². The monoisotopic (exact) mass is 533 g/mol. The second-order valence-corrected chi connectivity index (χ2v) is 10.00. The SMILES string of the molecule is CCNC(=NCCS(=O)(=O)N1CCSCC1)NCCc1csc(C)n1.I. The minimum absolute atomic E-state index is 0. The van der Waals surface area contributed by atoms with Gasteiger partial charge >= 0.3 is 0 Å². The van der Waals surface area contributed by atoms with Gasteiger partial charge in [0.15, 0.2) is 5.96 Å². The molecule has 1 aromatic rings. The van der Waals surface area contributed by atoms with Crippen molar-refractivity contribution in [1.29, 1.82) is 0 Å². The summed E-state index contributed by atoms with van der Waals surface area (Å²) in [6.45, 7) is 6.92. The summed E-state index contributed by atoms with van der Waals surface area (Å²) in [5.41, 5.74) is 1.07. The van der Waals surface area contributed by atoms with Crippen molar-refractivity contribution in [3.05, 3.63) is 16.1 Å². The number of nitrogens with one attached hydrogen (secondary N) is 2. The highest BCUT2D eigenvalue weighted by Crippen LogP contribution is 2.13. The summed E-state index contributed by atoms with van der Waals surface area (Å²) in [6.07, 6.45) is 0.818. The van der Waals surface area contributed by atoms with E-state index < -0.39 is 10.0 Å². The molecule has 26 heavy (non-hydrogen) atoms. The largest absolute Gasteiger partial charge is 0.357 e. The zero-order valence-corrected chi connectivity index (χ0v) is 20.0. The van der Waals surface area contributed by atoms with Crippen LogP contribution in [0.2, 0.25) is 0 Å². The van der Waals surface area contributed by atoms with E-state index in [1.54, 1.807) is 27.4 Å². The Labute approximate surface area is 181 Å². The average molecular weight is 534 g/mol. The first-order valence-electron chi connectivity index (χ1n) is 8.50. The third-order valence-electron chi connectivity index (χ3n) is 3.67. The van der Waals surface area contributed by atoms with Crippen LogP contribution in [-0.2, 0) is 16.4 Å². The van der Waals surface area contributed by atoms with Crippen LogP contribution >= 0.6 is 47.1 Å². The van der Waals surface area contributed by atoms with Crippen molar-refractivity contribution >= 4 is 63.1 Å². The Kier molecular flexibility index (Phi) is 11.4. The fourth-order valence-electron chi connectivity index (χ4n) is 2.40. The van der Waals surface area contributed by atoms with Gasteiger partial charge in [0.25, 0.3) is 0 Å². The second kappa shape index (κ2) is 12.4. The fourth-order valence-corrected chi connectivity index (χ4v) is 5.50. The Morgan fingerprint density at radius 2 is 2.08 bits per heavy atom. The normalized spacial score (nSPS) is 16.2. The van der Waals surface area contributed by atoms with Gasteiger partial charge in [0.2, 0.25) is 10.0 Å². The van der Waals surface area contributed by atoms with Crippen molar-refractivity contribution in [1.82, 2.24) is 19.9 Å². The molecule has 7 nitrogen and oxygen atoms in total. The second-order valence-electron chi connectivity index (χ2n) is 5.62. The van der Waals surface area contributed by atoms with E-state index in [0.29, 0.717) is 25.6 Å². The molecule has 2 N–H and O–H groups in total. The molecule has 1 aromatic heterocycles. The average Bonchev–Trinajstić information content (AvgIpc) is 3.01. The van der Waals surface area contributed by atoms with E-state index in [1.807, 2.05) is 13.8 Å². The molecule has 2 heterocycles. The van der Waals surface area contributed by atoms with Gasteiger partial charge in [-0.15, -0.1) is 35.3 Å². The van der Waals surface area contributed by atoms with Gasteiger partial charge in [0, 0.05) is 49.5 Å². The Hall–Kier alpha value is -0.110. The van der Waals surface area contributed by atoms with E-state index in [0.717, 1.165) is 35.2 Å². The smallest absolute Gasteiger partial charge is 0.215 e. The zero-order chi connectivity index (χ0) is 18.1. The topological polar surface area (TPSA) is 86.7 Å². The number of thiazole rings is 1. The van der Waals surface area contributed by atoms with Crippen LogP contribution in [0, 0.1) is 6.92 Å². The van der Waals surface area contributed by atoms with Crippen molar-refractivity contribution in [3.8, 4) is 0 Å². The summed E-state index contributed by atoms with van der Waals surface area (Å²) in [5, 5.41) is 9.51. The summed E-state index contributed by atoms with van der Waals surface area (Å²) in [7, 11) is -3.21. The Morgan fingerprint density at radius 3 is 2.69 bits per heavy atom. The number of rotatable bonds is 8. The molecule has 1 saturated heterocycles. The first-order valence-corrected chi connectivity index (χ1v) is 12.1. The summed E-state index contributed by atoms with van der Waals surface area (Å²) in [6, 6.07) is 0. The number of guanidine groups is 1. The summed E-state index contributed by atoms with van der Waals surface area (Å²) < 4.78 is 26.2. The van der Waals surface area contributed by atoms with Gasteiger partial charge in [-0.3, -0.25) is 4.99 Å². The standard InChI is InChI=1S/C15H27N5O2S3.HI/c1-3-16-15(17-5-4-14-12-24-13(2)19-14)18-6-11-25(21,22)20-7-9-23-10-8-20;/h12H,3-11H2,1-2H3,(H2,16,17,18);1H. The van der Waals surface area contributed by atoms with Crippen LogP contribution in [0.1, 0.15) is 17.6 Å². The predicted octanol–water partition coefficient (Wildman–Crippen LogP) is 1.55. The molecule has 0 saturated carbocycles. The quantitative estimate of drug-likeness (QED) is 0.300. The van der Waals surface area contributed by atoms with E-state index in [-0.39, 0.29) is 36.3 Å². The number of hydrogen-bond donors (Lipinski definition) is 2. The van der Waals surface area contributed by atoms with Gasteiger partial charge in [0.1, 0.15) is 0 Å². The van der Waals surface area contributed by atoms with Gasteiger partial charge in [-0.1, -0.05) is 0 Å². The number of nitrogens with zero attached hydrogens (tertiary/aromatic N) is 3. The number of hydrogen-bond acceptors (Lipinski definition) is 6. The molecule has 0 aliphatic carbocycles. The van der Waals surface area contributed by atoms with E-state index in [9.17, 15) is 8.42 Å². The molecule has 11 heteroatoms. The lowest BCUT2D eigenvalue weighted by Gasteiger charge is -2.25. The molecule has 0 bridgehead atoms. The lowest BCUT2D eigenvalue weighted by Crippen LogP contribution is -2.41. The Bertz CT molecular complexity index is 660. The zero-order valence-electron chi connectivity index (χ0n) is 15.2. The maximum Gasteiger partial charge on any atom is 0.215 e. The number of aryl methyl sites for hydroxylation is 1. The number of aliphatic imine (C=N–C) groups is 1. The van der Waals surface area contributed by atoms with Crippen LogP contribution in [-0.4, -0.2) is 73.6 Å². The Balaban J connectivity index is 0.00000338. The molecular formula is C15H28IN5O2S3. The highest BCUT2D eigenvalue weighted by atomic mass is 127. The predicted molar refractivity (Wildman–Crippen MR) is 123 cm³/mol. The van der Waals surface area contributed by atoms with Crippen LogP contribution in [0.15, 0.2) is 10.4 Å². The third kappa shape index (κ3) is 8.28. The molecule has 0 radical (unpaired) electrons. The van der Waals surface area contributed by atoms with Gasteiger partial charge in [-0.2, -0.15) is 11.8 Å². The Morgan fingerprint density at radius 1 is 1.35 bits per heavy atom. The van der Waals surface area contributed by atoms with Crippen LogP contribution < -0.4 is 10.6 Å². The molecule has 1 aliphatic rings. The van der Waals surface area contributed by atoms with E-state index in [1.165, 1.54) is 0 Å². The summed E-state index contributed by atoms with van der Waals surface area (Å²) in [4.78, 5) is 8.83. The minimum atomic E-state index is -3.21. The molecule has 0 atom stereocenters. The molecule has 2 rings (SSSR count). The number of sulfonamides is 1. The number of halogens is 1. The lowest BCUT2D eigenvalue weighted by atomic mass is 10.3. The molecule has 0 aromatic carbocycles. The van der Waals surface area contributed by atoms with Crippen LogP contribution in [0.5, 0.6) is 0 Å². The molecule has 1 fully saturated rings. The number of aromatic nitrogens is 1. The van der Waals surface area contributed by atoms with Gasteiger partial charge in [-0.05, 0) is 13.8 Å². The van der Waals surface area contributed by atoms with Crippen LogP contribution in [0.25, 0.3) is 0 Å². The molecular weight excluding hydrogens is 505 g/mol. The fraction of sp³-hybridized carbons (Fsp3) is 0.733. The minimum Gasteiger partial charge on any atom is -0.357 e. The van der Waals surface area contributed by atoms with Crippen molar-refractivity contribution in [3.63, 3.8) is 0 Å². The lowest BCUT2D eigenvalue weighted by molar-refractivity contribution is 0.444. The highest BCUT2D eigenvalue weighted by molar-refractivity contribution is 14.0. The number of thioether (sulfide) groups is 1. The maximum atomic E-state index is 12.3. The van der Waals surface area contributed by atoms with Gasteiger partial charge < -0.3 is 10.6 Å². The van der Waals surface area contributed by atoms with Crippen LogP contribution in [0.4, 0.5) is 0 Å². The maximum absolute atomic E-state index is 12.3. The van der Waals surface area contributed by atoms with Gasteiger partial charge in [0.05, 0.1) is 23.0 Å². The van der Waals surface area contributed by atoms with E-state index in [4.69, 9.17) is 0 Å². The van der Waals surface area contributed by atoms with E-state index >= 15 is 0 Å². The van der Waals surface area contributed by atoms with Crippen molar-refractivity contribution in [2.75, 3.05) is 50.0 Å². The molecule has 0 amide bonds.